The zero-order chi connectivity index (χ0) is 18.9. The maximum atomic E-state index is 11.0. The normalized spacial score (nSPS) is 11.3. The number of carbonyl (C=O) groups excluding carboxylic acids is 2. The quantitative estimate of drug-likeness (QED) is 0.601. The fraction of sp³-hybridized carbons (Fsp3) is 0.600. The van der Waals surface area contributed by atoms with E-state index in [0.717, 1.165) is 49.8 Å². The summed E-state index contributed by atoms with van der Waals surface area (Å²) in [5.41, 5.74) is 12.5. The Morgan fingerprint density at radius 3 is 2.20 bits per heavy atom. The van der Waals surface area contributed by atoms with Gasteiger partial charge in [0.25, 0.3) is 5.91 Å². The molecule has 0 aromatic heterocycles. The summed E-state index contributed by atoms with van der Waals surface area (Å²) < 4.78 is 5.63. The molecule has 2 amide bonds. The van der Waals surface area contributed by atoms with Crippen LogP contribution in [0.15, 0.2) is 18.2 Å². The van der Waals surface area contributed by atoms with E-state index in [0.29, 0.717) is 6.42 Å². The molecular weight excluding hydrogens is 316 g/mol. The molecule has 0 fully saturated rings. The van der Waals surface area contributed by atoms with Crippen LogP contribution in [-0.4, -0.2) is 18.4 Å². The molecule has 0 bridgehead atoms. The lowest BCUT2D eigenvalue weighted by atomic mass is 9.85. The molecule has 0 heterocycles. The first-order valence-electron chi connectivity index (χ1n) is 9.03. The van der Waals surface area contributed by atoms with Gasteiger partial charge in [-0.05, 0) is 41.9 Å². The second kappa shape index (κ2) is 10.1. The van der Waals surface area contributed by atoms with Crippen LogP contribution in [0.2, 0.25) is 0 Å². The van der Waals surface area contributed by atoms with Gasteiger partial charge in [-0.1, -0.05) is 52.2 Å². The van der Waals surface area contributed by atoms with E-state index in [2.05, 4.69) is 32.9 Å². The largest absolute Gasteiger partial charge is 0.483 e. The Morgan fingerprint density at radius 1 is 0.960 bits per heavy atom. The molecule has 4 N–H and O–H groups in total. The second-order valence-corrected chi connectivity index (χ2v) is 7.57. The van der Waals surface area contributed by atoms with E-state index in [1.807, 2.05) is 6.07 Å². The third-order valence-electron chi connectivity index (χ3n) is 4.11. The Hall–Kier alpha value is -2.04. The highest BCUT2D eigenvalue weighted by Gasteiger charge is 2.19. The summed E-state index contributed by atoms with van der Waals surface area (Å²) >= 11 is 0. The summed E-state index contributed by atoms with van der Waals surface area (Å²) in [6.45, 7) is 6.24. The van der Waals surface area contributed by atoms with Gasteiger partial charge < -0.3 is 16.2 Å². The maximum absolute atomic E-state index is 11.0. The topological polar surface area (TPSA) is 95.4 Å². The molecule has 140 valence electrons. The molecule has 0 spiro atoms. The van der Waals surface area contributed by atoms with E-state index in [4.69, 9.17) is 16.2 Å². The molecule has 25 heavy (non-hydrogen) atoms. The van der Waals surface area contributed by atoms with Crippen molar-refractivity contribution in [3.8, 4) is 5.75 Å². The molecule has 0 aliphatic heterocycles. The molecule has 0 radical (unpaired) electrons. The molecule has 1 aromatic carbocycles. The number of amides is 2. The molecule has 0 unspecified atom stereocenters. The molecule has 5 heteroatoms. The van der Waals surface area contributed by atoms with Gasteiger partial charge in [-0.15, -0.1) is 0 Å². The average Bonchev–Trinajstić information content (AvgIpc) is 2.50. The summed E-state index contributed by atoms with van der Waals surface area (Å²) in [5, 5.41) is 0. The lowest BCUT2D eigenvalue weighted by Gasteiger charge is -2.23. The van der Waals surface area contributed by atoms with E-state index in [-0.39, 0.29) is 17.9 Å². The molecule has 0 saturated carbocycles. The summed E-state index contributed by atoms with van der Waals surface area (Å²) in [4.78, 5) is 21.7. The van der Waals surface area contributed by atoms with Crippen molar-refractivity contribution in [2.75, 3.05) is 6.61 Å². The lowest BCUT2D eigenvalue weighted by Crippen LogP contribution is -2.22. The Labute approximate surface area is 151 Å². The predicted octanol–water partition coefficient (Wildman–Crippen LogP) is 3.22. The maximum Gasteiger partial charge on any atom is 0.255 e. The van der Waals surface area contributed by atoms with Crippen LogP contribution in [0.1, 0.15) is 70.4 Å². The first-order valence-corrected chi connectivity index (χ1v) is 9.03. The SMILES string of the molecule is CC(C)(C)c1ccc(CCCCCCCC(N)=O)cc1OCC(N)=O. The van der Waals surface area contributed by atoms with Gasteiger partial charge in [0.2, 0.25) is 5.91 Å². The monoisotopic (exact) mass is 348 g/mol. The first kappa shape index (κ1) is 21.0. The number of hydrogen-bond donors (Lipinski definition) is 2. The van der Waals surface area contributed by atoms with E-state index < -0.39 is 5.91 Å². The first-order chi connectivity index (χ1) is 11.7. The standard InChI is InChI=1S/C20H32N2O3/c1-20(2,3)16-12-11-15(13-17(16)25-14-19(22)24)9-7-5-4-6-8-10-18(21)23/h11-13H,4-10,14H2,1-3H3,(H2,21,23)(H2,22,24). The molecule has 5 nitrogen and oxygen atoms in total. The summed E-state index contributed by atoms with van der Waals surface area (Å²) in [6.07, 6.45) is 6.68. The number of hydrogen-bond acceptors (Lipinski definition) is 3. The number of ether oxygens (including phenoxy) is 1. The molecule has 0 aliphatic rings. The smallest absolute Gasteiger partial charge is 0.255 e. The van der Waals surface area contributed by atoms with E-state index in [9.17, 15) is 9.59 Å². The van der Waals surface area contributed by atoms with Crippen LogP contribution in [0.4, 0.5) is 0 Å². The van der Waals surface area contributed by atoms with Crippen LogP contribution in [0.3, 0.4) is 0 Å². The minimum atomic E-state index is -0.471. The van der Waals surface area contributed by atoms with Crippen molar-refractivity contribution < 1.29 is 14.3 Å². The summed E-state index contributed by atoms with van der Waals surface area (Å²) in [6, 6.07) is 6.24. The zero-order valence-corrected chi connectivity index (χ0v) is 15.8. The third kappa shape index (κ3) is 8.57. The molecule has 1 rings (SSSR count). The fourth-order valence-corrected chi connectivity index (χ4v) is 2.77. The van der Waals surface area contributed by atoms with Crippen LogP contribution in [-0.2, 0) is 21.4 Å². The molecule has 0 saturated heterocycles. The minimum absolute atomic E-state index is 0.0636. The van der Waals surface area contributed by atoms with Gasteiger partial charge in [0, 0.05) is 6.42 Å². The highest BCUT2D eigenvalue weighted by Crippen LogP contribution is 2.32. The van der Waals surface area contributed by atoms with Crippen LogP contribution < -0.4 is 16.2 Å². The fourth-order valence-electron chi connectivity index (χ4n) is 2.77. The number of carbonyl (C=O) groups is 2. The number of primary amides is 2. The zero-order valence-electron chi connectivity index (χ0n) is 15.8. The molecule has 1 aromatic rings. The van der Waals surface area contributed by atoms with E-state index in [1.165, 1.54) is 5.56 Å². The van der Waals surface area contributed by atoms with Crippen LogP contribution >= 0.6 is 0 Å². The van der Waals surface area contributed by atoms with Crippen molar-refractivity contribution in [2.45, 2.75) is 71.1 Å². The van der Waals surface area contributed by atoms with Gasteiger partial charge >= 0.3 is 0 Å². The highest BCUT2D eigenvalue weighted by atomic mass is 16.5. The second-order valence-electron chi connectivity index (χ2n) is 7.57. The third-order valence-corrected chi connectivity index (χ3v) is 4.11. The molecule has 0 aliphatic carbocycles. The number of benzene rings is 1. The Balaban J connectivity index is 2.55. The van der Waals surface area contributed by atoms with Crippen LogP contribution in [0.25, 0.3) is 0 Å². The van der Waals surface area contributed by atoms with Crippen LogP contribution in [0, 0.1) is 0 Å². The van der Waals surface area contributed by atoms with Gasteiger partial charge in [0.1, 0.15) is 5.75 Å². The number of aryl methyl sites for hydroxylation is 1. The lowest BCUT2D eigenvalue weighted by molar-refractivity contribution is -0.120. The van der Waals surface area contributed by atoms with Crippen molar-refractivity contribution in [3.63, 3.8) is 0 Å². The van der Waals surface area contributed by atoms with Gasteiger partial charge in [0.15, 0.2) is 6.61 Å². The predicted molar refractivity (Wildman–Crippen MR) is 100 cm³/mol. The van der Waals surface area contributed by atoms with Crippen molar-refractivity contribution in [1.82, 2.24) is 0 Å². The number of nitrogens with two attached hydrogens (primary N) is 2. The highest BCUT2D eigenvalue weighted by molar-refractivity contribution is 5.75. The Kier molecular flexibility index (Phi) is 8.46. The average molecular weight is 348 g/mol. The van der Waals surface area contributed by atoms with E-state index in [1.54, 1.807) is 0 Å². The van der Waals surface area contributed by atoms with Gasteiger partial charge in [-0.2, -0.15) is 0 Å². The molecular formula is C20H32N2O3. The summed E-state index contributed by atoms with van der Waals surface area (Å²) in [5.74, 6) is 0.0499. The minimum Gasteiger partial charge on any atom is -0.483 e. The van der Waals surface area contributed by atoms with E-state index >= 15 is 0 Å². The van der Waals surface area contributed by atoms with Crippen molar-refractivity contribution in [1.29, 1.82) is 0 Å². The Morgan fingerprint density at radius 2 is 1.60 bits per heavy atom. The van der Waals surface area contributed by atoms with Gasteiger partial charge in [-0.25, -0.2) is 0 Å². The van der Waals surface area contributed by atoms with Crippen molar-refractivity contribution in [3.05, 3.63) is 29.3 Å². The Bertz CT molecular complexity index is 577. The summed E-state index contributed by atoms with van der Waals surface area (Å²) in [7, 11) is 0. The molecule has 0 atom stereocenters. The number of rotatable bonds is 11. The van der Waals surface area contributed by atoms with Gasteiger partial charge in [0.05, 0.1) is 0 Å². The van der Waals surface area contributed by atoms with Crippen molar-refractivity contribution >= 4 is 11.8 Å². The number of unbranched alkanes of at least 4 members (excludes halogenated alkanes) is 4. The van der Waals surface area contributed by atoms with Gasteiger partial charge in [-0.3, -0.25) is 9.59 Å². The van der Waals surface area contributed by atoms with Crippen LogP contribution in [0.5, 0.6) is 5.75 Å². The van der Waals surface area contributed by atoms with Crippen molar-refractivity contribution in [2.24, 2.45) is 11.5 Å².